The zero-order valence-electron chi connectivity index (χ0n) is 11.1. The fraction of sp³-hybridized carbons (Fsp3) is 0.818. The van der Waals surface area contributed by atoms with E-state index in [-0.39, 0.29) is 40.3 Å². The Morgan fingerprint density at radius 2 is 1.18 bits per heavy atom. The molecule has 0 aliphatic heterocycles. The van der Waals surface area contributed by atoms with E-state index < -0.39 is 18.2 Å². The molecule has 0 heterocycles. The van der Waals surface area contributed by atoms with Gasteiger partial charge in [-0.2, -0.15) is 0 Å². The normalized spacial score (nSPS) is 8.29. The van der Waals surface area contributed by atoms with Gasteiger partial charge in [-0.1, -0.05) is 27.7 Å². The number of aliphatic carboxylic acids is 1. The molecular weight excluding hydrogens is 260 g/mol. The first kappa shape index (κ1) is 25.6. The van der Waals surface area contributed by atoms with Gasteiger partial charge in [0.15, 0.2) is 0 Å². The van der Waals surface area contributed by atoms with E-state index in [2.05, 4.69) is 0 Å². The second-order valence-corrected chi connectivity index (χ2v) is 3.67. The van der Waals surface area contributed by atoms with E-state index >= 15 is 0 Å². The van der Waals surface area contributed by atoms with Crippen molar-refractivity contribution in [3.63, 3.8) is 0 Å². The molecule has 0 rings (SSSR count). The fourth-order valence-electron chi connectivity index (χ4n) is 0.278. The number of ketones is 1. The van der Waals surface area contributed by atoms with Crippen molar-refractivity contribution in [1.82, 2.24) is 0 Å². The van der Waals surface area contributed by atoms with Gasteiger partial charge in [-0.15, -0.1) is 12.2 Å². The van der Waals surface area contributed by atoms with Crippen LogP contribution in [0.2, 0.25) is 0 Å². The molecule has 1 radical (unpaired) electrons. The summed E-state index contributed by atoms with van der Waals surface area (Å²) in [6.45, 7) is 7.79. The second kappa shape index (κ2) is 18.1. The molecule has 5 nitrogen and oxygen atoms in total. The minimum atomic E-state index is -1.17. The number of hydrogen-bond acceptors (Lipinski definition) is 5. The van der Waals surface area contributed by atoms with Crippen LogP contribution in [0.15, 0.2) is 0 Å². The van der Waals surface area contributed by atoms with Crippen LogP contribution in [0, 0.1) is 0 Å². The first-order valence-electron chi connectivity index (χ1n) is 5.10. The third kappa shape index (κ3) is 131. The maximum atomic E-state index is 10.1. The van der Waals surface area contributed by atoms with Gasteiger partial charge in [0.25, 0.3) is 0 Å². The largest absolute Gasteiger partial charge is 3.00 e. The van der Waals surface area contributed by atoms with Crippen molar-refractivity contribution in [1.29, 1.82) is 0 Å². The average molecular weight is 281 g/mol. The van der Waals surface area contributed by atoms with Crippen LogP contribution in [0.3, 0.4) is 0 Å². The minimum Gasteiger partial charge on any atom is -0.852 e. The third-order valence-corrected chi connectivity index (χ3v) is 0.681. The van der Waals surface area contributed by atoms with Crippen LogP contribution in [-0.2, 0) is 31.3 Å². The van der Waals surface area contributed by atoms with Gasteiger partial charge < -0.3 is 24.9 Å². The van der Waals surface area contributed by atoms with Crippen molar-refractivity contribution in [2.75, 3.05) is 0 Å². The van der Waals surface area contributed by atoms with E-state index in [4.69, 9.17) is 0 Å². The van der Waals surface area contributed by atoms with Gasteiger partial charge in [-0.3, -0.25) is 0 Å². The summed E-state index contributed by atoms with van der Waals surface area (Å²) in [5.74, 6) is -1.28. The van der Waals surface area contributed by atoms with Gasteiger partial charge in [0.2, 0.25) is 0 Å². The predicted octanol–water partition coefficient (Wildman–Crippen LogP) is -1.39. The standard InChI is InChI=1S/C5H8O3.2C3H7O.Ti/c1-4(6)2-3-5(7)8;2*1-3(2)4;/h2-3H2,1H3,(H,7,8);2*3H,1-2H3;/q;2*-1;+3/p-1. The molecule has 0 aliphatic rings. The molecule has 0 aromatic rings. The van der Waals surface area contributed by atoms with Gasteiger partial charge in [0.1, 0.15) is 5.78 Å². The van der Waals surface area contributed by atoms with E-state index in [9.17, 15) is 24.9 Å². The number of carbonyl (C=O) groups excluding carboxylic acids is 2. The first-order valence-corrected chi connectivity index (χ1v) is 5.10. The van der Waals surface area contributed by atoms with Gasteiger partial charge in [-0.05, 0) is 13.3 Å². The van der Waals surface area contributed by atoms with E-state index in [0.717, 1.165) is 0 Å². The van der Waals surface area contributed by atoms with Crippen LogP contribution in [0.1, 0.15) is 47.5 Å². The van der Waals surface area contributed by atoms with Crippen LogP contribution >= 0.6 is 0 Å². The molecule has 17 heavy (non-hydrogen) atoms. The molecule has 0 amide bonds. The molecule has 0 saturated heterocycles. The van der Waals surface area contributed by atoms with Crippen LogP contribution in [0.25, 0.3) is 0 Å². The maximum Gasteiger partial charge on any atom is 3.00 e. The van der Waals surface area contributed by atoms with Crippen LogP contribution in [0.5, 0.6) is 0 Å². The zero-order chi connectivity index (χ0) is 13.7. The summed E-state index contributed by atoms with van der Waals surface area (Å²) in [5.41, 5.74) is 0. The molecule has 0 aromatic carbocycles. The van der Waals surface area contributed by atoms with Crippen molar-refractivity contribution >= 4 is 11.8 Å². The third-order valence-electron chi connectivity index (χ3n) is 0.681. The van der Waals surface area contributed by atoms with Crippen molar-refractivity contribution in [3.05, 3.63) is 0 Å². The number of carboxylic acids is 1. The molecule has 0 unspecified atom stereocenters. The molecule has 6 heteroatoms. The Morgan fingerprint density at radius 3 is 1.24 bits per heavy atom. The Hall–Kier alpha value is -0.226. The Morgan fingerprint density at radius 1 is 0.941 bits per heavy atom. The summed E-state index contributed by atoms with van der Waals surface area (Å²) in [5, 5.41) is 28.7. The van der Waals surface area contributed by atoms with Gasteiger partial charge in [0, 0.05) is 12.4 Å². The second-order valence-electron chi connectivity index (χ2n) is 3.67. The smallest absolute Gasteiger partial charge is 0.852 e. The minimum absolute atomic E-state index is 0. The van der Waals surface area contributed by atoms with Gasteiger partial charge >= 0.3 is 21.7 Å². The number of hydrogen-bond donors (Lipinski definition) is 0. The summed E-state index contributed by atoms with van der Waals surface area (Å²) in [6, 6.07) is 0. The molecule has 0 bridgehead atoms. The van der Waals surface area contributed by atoms with Crippen molar-refractivity contribution in [2.45, 2.75) is 59.7 Å². The summed E-state index contributed by atoms with van der Waals surface area (Å²) in [4.78, 5) is 19.7. The van der Waals surface area contributed by atoms with Crippen LogP contribution in [-0.4, -0.2) is 24.0 Å². The van der Waals surface area contributed by atoms with Crippen LogP contribution in [0.4, 0.5) is 0 Å². The Balaban J connectivity index is -0.0000000806. The molecule has 0 N–H and O–H groups in total. The number of carbonyl (C=O) groups is 2. The Kier molecular flexibility index (Phi) is 27.3. The van der Waals surface area contributed by atoms with Gasteiger partial charge in [-0.25, -0.2) is 0 Å². The number of Topliss-reactive ketones (excluding diaryl/α,β-unsaturated/α-hetero) is 1. The zero-order valence-corrected chi connectivity index (χ0v) is 12.7. The molecule has 0 fully saturated rings. The van der Waals surface area contributed by atoms with E-state index in [1.165, 1.54) is 6.92 Å². The van der Waals surface area contributed by atoms with Gasteiger partial charge in [0.05, 0.1) is 0 Å². The Labute approximate surface area is 118 Å². The molecule has 0 atom stereocenters. The van der Waals surface area contributed by atoms with E-state index in [0.29, 0.717) is 0 Å². The fourth-order valence-corrected chi connectivity index (χ4v) is 0.278. The molecule has 0 saturated carbocycles. The summed E-state index contributed by atoms with van der Waals surface area (Å²) >= 11 is 0. The summed E-state index contributed by atoms with van der Waals surface area (Å²) < 4.78 is 0. The van der Waals surface area contributed by atoms with Crippen molar-refractivity contribution < 1.29 is 46.6 Å². The van der Waals surface area contributed by atoms with Crippen molar-refractivity contribution in [3.8, 4) is 0 Å². The summed E-state index contributed by atoms with van der Waals surface area (Å²) in [7, 11) is 0. The molecule has 0 aromatic heterocycles. The van der Waals surface area contributed by atoms with Crippen molar-refractivity contribution in [2.24, 2.45) is 0 Å². The van der Waals surface area contributed by atoms with E-state index in [1.54, 1.807) is 27.7 Å². The van der Waals surface area contributed by atoms with Crippen LogP contribution < -0.4 is 15.3 Å². The maximum absolute atomic E-state index is 10.1. The molecule has 0 spiro atoms. The molecule has 99 valence electrons. The van der Waals surface area contributed by atoms with E-state index in [1.807, 2.05) is 0 Å². The average Bonchev–Trinajstić information content (AvgIpc) is 1.98. The topological polar surface area (TPSA) is 103 Å². The monoisotopic (exact) mass is 281 g/mol. The quantitative estimate of drug-likeness (QED) is 0.593. The first-order chi connectivity index (χ1) is 7.09. The SMILES string of the molecule is CC(=O)CCC(=O)[O-].CC(C)[O-].CC(C)[O-].[Ti+3]. The Bertz CT molecular complexity index is 155. The molecule has 0 aliphatic carbocycles. The number of rotatable bonds is 3. The molecular formula is C11H21O5Ti. The number of carboxylic acid groups (broad SMARTS) is 1. The summed E-state index contributed by atoms with van der Waals surface area (Å²) in [6.07, 6.45) is -0.905. The predicted molar refractivity (Wildman–Crippen MR) is 55.2 cm³/mol.